The van der Waals surface area contributed by atoms with Gasteiger partial charge < -0.3 is 15.9 Å². The molecule has 6 nitrogen and oxygen atoms in total. The van der Waals surface area contributed by atoms with Gasteiger partial charge in [0.25, 0.3) is 0 Å². The van der Waals surface area contributed by atoms with E-state index in [9.17, 15) is 10.2 Å². The molecule has 1 aromatic rings. The molecule has 0 aliphatic heterocycles. The lowest BCUT2D eigenvalue weighted by atomic mass is 9.41. The van der Waals surface area contributed by atoms with Crippen LogP contribution in [0.15, 0.2) is 6.33 Å². The van der Waals surface area contributed by atoms with E-state index in [1.165, 1.54) is 25.7 Å². The van der Waals surface area contributed by atoms with Crippen LogP contribution in [0.25, 0.3) is 0 Å². The van der Waals surface area contributed by atoms with Crippen LogP contribution in [0.5, 0.6) is 0 Å². The molecule has 0 saturated heterocycles. The molecule has 4 saturated carbocycles. The monoisotopic (exact) mass is 514 g/mol. The highest BCUT2D eigenvalue weighted by Crippen LogP contribution is 2.69. The largest absolute Gasteiger partial charge is 0.393 e. The number of aromatic nitrogens is 3. The summed E-state index contributed by atoms with van der Waals surface area (Å²) >= 11 is 0. The molecular formula is C31H54N4O2. The van der Waals surface area contributed by atoms with Crippen molar-refractivity contribution >= 4 is 0 Å². The Bertz CT molecular complexity index is 920. The van der Waals surface area contributed by atoms with Crippen LogP contribution in [-0.4, -0.2) is 43.1 Å². The van der Waals surface area contributed by atoms with Gasteiger partial charge in [-0.15, -0.1) is 0 Å². The van der Waals surface area contributed by atoms with Gasteiger partial charge in [-0.3, -0.25) is 5.10 Å². The van der Waals surface area contributed by atoms with E-state index in [1.54, 1.807) is 6.33 Å². The van der Waals surface area contributed by atoms with Gasteiger partial charge in [0.1, 0.15) is 12.2 Å². The first-order valence-corrected chi connectivity index (χ1v) is 15.4. The van der Waals surface area contributed by atoms with Crippen LogP contribution in [0.3, 0.4) is 0 Å². The van der Waals surface area contributed by atoms with Crippen molar-refractivity contribution in [1.29, 1.82) is 0 Å². The molecule has 4 aliphatic carbocycles. The minimum absolute atomic E-state index is 0.180. The number of aliphatic hydroxyl groups excluding tert-OH is 2. The molecule has 4 aliphatic rings. The van der Waals surface area contributed by atoms with E-state index < -0.39 is 0 Å². The van der Waals surface area contributed by atoms with Crippen molar-refractivity contribution in [3.63, 3.8) is 0 Å². The Morgan fingerprint density at radius 3 is 2.46 bits per heavy atom. The van der Waals surface area contributed by atoms with E-state index in [-0.39, 0.29) is 23.2 Å². The lowest BCUT2D eigenvalue weighted by Gasteiger charge is -2.65. The van der Waals surface area contributed by atoms with Crippen molar-refractivity contribution in [1.82, 2.24) is 15.2 Å². The predicted molar refractivity (Wildman–Crippen MR) is 147 cm³/mol. The third-order valence-corrected chi connectivity index (χ3v) is 12.8. The lowest BCUT2D eigenvalue weighted by molar-refractivity contribution is -0.203. The first kappa shape index (κ1) is 27.6. The summed E-state index contributed by atoms with van der Waals surface area (Å²) in [6, 6.07) is 0. The van der Waals surface area contributed by atoms with Gasteiger partial charge >= 0.3 is 0 Å². The van der Waals surface area contributed by atoms with E-state index in [0.717, 1.165) is 44.3 Å². The molecule has 4 fully saturated rings. The molecule has 1 heterocycles. The Morgan fingerprint density at radius 1 is 1.08 bits per heavy atom. The number of rotatable bonds is 7. The summed E-state index contributed by atoms with van der Waals surface area (Å²) in [5.41, 5.74) is 7.04. The fourth-order valence-corrected chi connectivity index (χ4v) is 11.0. The number of nitrogens with two attached hydrogens (primary N) is 1. The van der Waals surface area contributed by atoms with Gasteiger partial charge in [-0.2, -0.15) is 5.10 Å². The molecule has 1 aromatic heterocycles. The quantitative estimate of drug-likeness (QED) is 0.392. The third-order valence-electron chi connectivity index (χ3n) is 12.8. The number of aromatic amines is 1. The van der Waals surface area contributed by atoms with Crippen molar-refractivity contribution < 1.29 is 10.2 Å². The zero-order valence-corrected chi connectivity index (χ0v) is 24.3. The summed E-state index contributed by atoms with van der Waals surface area (Å²) < 4.78 is 0. The Labute approximate surface area is 225 Å². The van der Waals surface area contributed by atoms with Gasteiger partial charge in [0.05, 0.1) is 12.2 Å². The lowest BCUT2D eigenvalue weighted by Crippen LogP contribution is -2.62. The van der Waals surface area contributed by atoms with E-state index in [2.05, 4.69) is 56.7 Å². The Hall–Kier alpha value is -0.980. The molecule has 0 aromatic carbocycles. The standard InChI is InChI=1S/C31H54N4O2/c1-7-21-25-14-20(36)10-12-31(25,6)24-11-13-30(5)22(8-9-23(30)27(24)28(21)37)19(3)18(2)15-29(4,32)16-26-33-17-34-35-26/h17-25,27-28,36-37H,7-16,32H2,1-6H3,(H,33,34,35)/t18?,19-,20-,21-,22?,23?,24?,25+,27?,28-,29?,30-,31-/m1/s1. The summed E-state index contributed by atoms with van der Waals surface area (Å²) in [7, 11) is 0. The van der Waals surface area contributed by atoms with Gasteiger partial charge in [-0.05, 0) is 116 Å². The molecular weight excluding hydrogens is 460 g/mol. The van der Waals surface area contributed by atoms with Crippen molar-refractivity contribution in [2.75, 3.05) is 0 Å². The van der Waals surface area contributed by atoms with E-state index in [1.807, 2.05) is 0 Å². The van der Waals surface area contributed by atoms with E-state index in [0.29, 0.717) is 52.8 Å². The Kier molecular flexibility index (Phi) is 7.37. The summed E-state index contributed by atoms with van der Waals surface area (Å²) in [4.78, 5) is 4.31. The summed E-state index contributed by atoms with van der Waals surface area (Å²) in [5, 5.41) is 29.5. The van der Waals surface area contributed by atoms with Gasteiger partial charge in [0.2, 0.25) is 0 Å². The zero-order chi connectivity index (χ0) is 26.8. The second kappa shape index (κ2) is 9.89. The van der Waals surface area contributed by atoms with Gasteiger partial charge in [0.15, 0.2) is 0 Å². The first-order valence-electron chi connectivity index (χ1n) is 15.4. The molecule has 0 amide bonds. The summed E-state index contributed by atoms with van der Waals surface area (Å²) in [5.74, 6) is 5.09. The van der Waals surface area contributed by atoms with Gasteiger partial charge in [-0.25, -0.2) is 4.98 Å². The van der Waals surface area contributed by atoms with Crippen molar-refractivity contribution in [3.8, 4) is 0 Å². The number of H-pyrrole nitrogens is 1. The number of hydrogen-bond donors (Lipinski definition) is 4. The van der Waals surface area contributed by atoms with Gasteiger partial charge in [0, 0.05) is 12.0 Å². The number of nitrogens with zero attached hydrogens (tertiary/aromatic N) is 2. The maximum absolute atomic E-state index is 12.0. The normalized spacial score (nSPS) is 46.8. The number of nitrogens with one attached hydrogen (secondary N) is 1. The molecule has 6 heteroatoms. The van der Waals surface area contributed by atoms with Crippen molar-refractivity contribution in [2.45, 2.75) is 123 Å². The summed E-state index contributed by atoms with van der Waals surface area (Å²) in [6.07, 6.45) is 11.9. The van der Waals surface area contributed by atoms with Crippen molar-refractivity contribution in [2.24, 2.45) is 63.9 Å². The van der Waals surface area contributed by atoms with Crippen LogP contribution in [-0.2, 0) is 6.42 Å². The minimum atomic E-state index is -0.313. The highest BCUT2D eigenvalue weighted by atomic mass is 16.3. The molecule has 6 unspecified atom stereocenters. The zero-order valence-electron chi connectivity index (χ0n) is 24.3. The van der Waals surface area contributed by atoms with Crippen LogP contribution in [0.2, 0.25) is 0 Å². The molecule has 0 spiro atoms. The predicted octanol–water partition coefficient (Wildman–Crippen LogP) is 5.35. The number of hydrogen-bond acceptors (Lipinski definition) is 5. The fourth-order valence-electron chi connectivity index (χ4n) is 11.0. The van der Waals surface area contributed by atoms with Crippen molar-refractivity contribution in [3.05, 3.63) is 12.2 Å². The minimum Gasteiger partial charge on any atom is -0.393 e. The van der Waals surface area contributed by atoms with Crippen LogP contribution in [0.1, 0.15) is 105 Å². The smallest absolute Gasteiger partial charge is 0.137 e. The highest BCUT2D eigenvalue weighted by molar-refractivity contribution is 5.14. The maximum Gasteiger partial charge on any atom is 0.137 e. The maximum atomic E-state index is 12.0. The Balaban J connectivity index is 1.34. The number of aliphatic hydroxyl groups is 2. The second-order valence-corrected chi connectivity index (χ2v) is 14.9. The SMILES string of the molecule is CC[C@H]1[C@@H](O)C2C3CCC([C@H](C)C(C)CC(C)(N)Cc4ncn[nH]4)[C@@]3(C)CCC2[C@@]2(C)CC[C@@H](O)C[C@@H]12. The van der Waals surface area contributed by atoms with Gasteiger partial charge in [-0.1, -0.05) is 41.0 Å². The average molecular weight is 515 g/mol. The molecule has 5 rings (SSSR count). The van der Waals surface area contributed by atoms with Crippen LogP contribution in [0.4, 0.5) is 0 Å². The topological polar surface area (TPSA) is 108 Å². The first-order chi connectivity index (χ1) is 17.4. The van der Waals surface area contributed by atoms with E-state index in [4.69, 9.17) is 5.73 Å². The second-order valence-electron chi connectivity index (χ2n) is 14.9. The summed E-state index contributed by atoms with van der Waals surface area (Å²) in [6.45, 7) is 14.4. The molecule has 5 N–H and O–H groups in total. The van der Waals surface area contributed by atoms with E-state index >= 15 is 0 Å². The average Bonchev–Trinajstić information content (AvgIpc) is 3.46. The molecule has 210 valence electrons. The molecule has 13 atom stereocenters. The molecule has 0 bridgehead atoms. The molecule has 37 heavy (non-hydrogen) atoms. The van der Waals surface area contributed by atoms with Crippen LogP contribution in [0, 0.1) is 58.2 Å². The van der Waals surface area contributed by atoms with Crippen LogP contribution >= 0.6 is 0 Å². The number of fused-ring (bicyclic) bond motifs is 5. The third kappa shape index (κ3) is 4.61. The molecule has 0 radical (unpaired) electrons. The highest BCUT2D eigenvalue weighted by Gasteiger charge is 2.65. The Morgan fingerprint density at radius 2 is 1.78 bits per heavy atom. The fraction of sp³-hybridized carbons (Fsp3) is 0.935. The van der Waals surface area contributed by atoms with Crippen LogP contribution < -0.4 is 5.73 Å².